The summed E-state index contributed by atoms with van der Waals surface area (Å²) in [7, 11) is 0. The lowest BCUT2D eigenvalue weighted by atomic mass is 10.1. The standard InChI is InChI=1S/C19H22O2/c1-2-3-4-5-6-16-7-11-18(12-8-16)21-19-13-9-17(15-20)10-14-19/h7-15H,2-6H2,1H3. The Hall–Kier alpha value is -2.09. The number of rotatable bonds is 8. The average molecular weight is 282 g/mol. The Morgan fingerprint density at radius 1 is 0.857 bits per heavy atom. The van der Waals surface area contributed by atoms with Gasteiger partial charge in [-0.25, -0.2) is 0 Å². The second-order valence-corrected chi connectivity index (χ2v) is 5.24. The van der Waals surface area contributed by atoms with Crippen molar-refractivity contribution in [1.29, 1.82) is 0 Å². The fourth-order valence-electron chi connectivity index (χ4n) is 2.23. The van der Waals surface area contributed by atoms with E-state index in [-0.39, 0.29) is 0 Å². The Labute approximate surface area is 126 Å². The number of hydrogen-bond donors (Lipinski definition) is 0. The monoisotopic (exact) mass is 282 g/mol. The smallest absolute Gasteiger partial charge is 0.150 e. The molecule has 21 heavy (non-hydrogen) atoms. The highest BCUT2D eigenvalue weighted by molar-refractivity contribution is 5.74. The van der Waals surface area contributed by atoms with Crippen molar-refractivity contribution < 1.29 is 9.53 Å². The van der Waals surface area contributed by atoms with Crippen molar-refractivity contribution in [2.24, 2.45) is 0 Å². The number of benzene rings is 2. The van der Waals surface area contributed by atoms with Gasteiger partial charge in [0.25, 0.3) is 0 Å². The van der Waals surface area contributed by atoms with Gasteiger partial charge in [-0.05, 0) is 54.8 Å². The highest BCUT2D eigenvalue weighted by atomic mass is 16.5. The zero-order valence-corrected chi connectivity index (χ0v) is 12.5. The third kappa shape index (κ3) is 5.07. The molecule has 2 aromatic carbocycles. The van der Waals surface area contributed by atoms with Gasteiger partial charge in [0.05, 0.1) is 0 Å². The molecule has 0 aromatic heterocycles. The topological polar surface area (TPSA) is 26.3 Å². The van der Waals surface area contributed by atoms with E-state index in [9.17, 15) is 4.79 Å². The van der Waals surface area contributed by atoms with Gasteiger partial charge in [0.1, 0.15) is 17.8 Å². The van der Waals surface area contributed by atoms with Crippen molar-refractivity contribution in [2.45, 2.75) is 39.0 Å². The summed E-state index contributed by atoms with van der Waals surface area (Å²) in [4.78, 5) is 10.6. The lowest BCUT2D eigenvalue weighted by Crippen LogP contribution is -1.88. The minimum atomic E-state index is 0.657. The van der Waals surface area contributed by atoms with Crippen LogP contribution in [0.2, 0.25) is 0 Å². The number of hydrogen-bond acceptors (Lipinski definition) is 2. The number of aryl methyl sites for hydroxylation is 1. The molecule has 0 radical (unpaired) electrons. The third-order valence-electron chi connectivity index (χ3n) is 3.49. The maximum atomic E-state index is 10.6. The molecule has 0 unspecified atom stereocenters. The Morgan fingerprint density at radius 3 is 2.05 bits per heavy atom. The summed E-state index contributed by atoms with van der Waals surface area (Å²) in [5, 5.41) is 0. The van der Waals surface area contributed by atoms with E-state index in [4.69, 9.17) is 4.74 Å². The molecule has 0 saturated carbocycles. The first-order valence-corrected chi connectivity index (χ1v) is 7.64. The molecule has 2 heteroatoms. The van der Waals surface area contributed by atoms with E-state index in [0.29, 0.717) is 5.56 Å². The predicted octanol–water partition coefficient (Wildman–Crippen LogP) is 5.41. The van der Waals surface area contributed by atoms with Gasteiger partial charge in [-0.15, -0.1) is 0 Å². The van der Waals surface area contributed by atoms with E-state index >= 15 is 0 Å². The molecule has 0 saturated heterocycles. The summed E-state index contributed by atoms with van der Waals surface area (Å²) in [5.74, 6) is 1.57. The fraction of sp³-hybridized carbons (Fsp3) is 0.316. The van der Waals surface area contributed by atoms with Crippen LogP contribution in [0.25, 0.3) is 0 Å². The second-order valence-electron chi connectivity index (χ2n) is 5.24. The molecule has 0 spiro atoms. The van der Waals surface area contributed by atoms with Crippen molar-refractivity contribution in [3.63, 3.8) is 0 Å². The van der Waals surface area contributed by atoms with Crippen molar-refractivity contribution in [2.75, 3.05) is 0 Å². The van der Waals surface area contributed by atoms with E-state index in [1.54, 1.807) is 12.1 Å². The van der Waals surface area contributed by atoms with Gasteiger partial charge in [-0.2, -0.15) is 0 Å². The highest BCUT2D eigenvalue weighted by Crippen LogP contribution is 2.22. The Bertz CT molecular complexity index is 541. The van der Waals surface area contributed by atoms with E-state index < -0.39 is 0 Å². The third-order valence-corrected chi connectivity index (χ3v) is 3.49. The van der Waals surface area contributed by atoms with Crippen LogP contribution in [0.1, 0.15) is 48.5 Å². The van der Waals surface area contributed by atoms with Crippen LogP contribution in [0.15, 0.2) is 48.5 Å². The van der Waals surface area contributed by atoms with E-state index in [2.05, 4.69) is 19.1 Å². The summed E-state index contributed by atoms with van der Waals surface area (Å²) in [6.07, 6.45) is 7.11. The molecule has 0 aliphatic heterocycles. The Kier molecular flexibility index (Phi) is 6.01. The van der Waals surface area contributed by atoms with Gasteiger partial charge in [-0.3, -0.25) is 4.79 Å². The van der Waals surface area contributed by atoms with Crippen LogP contribution in [0.4, 0.5) is 0 Å². The van der Waals surface area contributed by atoms with Gasteiger partial charge in [-0.1, -0.05) is 38.3 Å². The summed E-state index contributed by atoms with van der Waals surface area (Å²) >= 11 is 0. The molecule has 0 N–H and O–H groups in total. The molecule has 0 aliphatic carbocycles. The Morgan fingerprint density at radius 2 is 1.48 bits per heavy atom. The summed E-state index contributed by atoms with van der Waals surface area (Å²) in [6.45, 7) is 2.23. The first-order chi connectivity index (χ1) is 10.3. The van der Waals surface area contributed by atoms with Gasteiger partial charge in [0.2, 0.25) is 0 Å². The van der Waals surface area contributed by atoms with Crippen molar-refractivity contribution >= 4 is 6.29 Å². The van der Waals surface area contributed by atoms with Gasteiger partial charge >= 0.3 is 0 Å². The quantitative estimate of drug-likeness (QED) is 0.477. The van der Waals surface area contributed by atoms with Crippen molar-refractivity contribution in [1.82, 2.24) is 0 Å². The number of carbonyl (C=O) groups excluding carboxylic acids is 1. The first-order valence-electron chi connectivity index (χ1n) is 7.64. The van der Waals surface area contributed by atoms with Crippen LogP contribution in [0.3, 0.4) is 0 Å². The lowest BCUT2D eigenvalue weighted by Gasteiger charge is -2.07. The number of aldehydes is 1. The zero-order chi connectivity index (χ0) is 14.9. The van der Waals surface area contributed by atoms with E-state index in [1.165, 1.54) is 31.2 Å². The molecular formula is C19H22O2. The molecule has 0 aliphatic rings. The maximum Gasteiger partial charge on any atom is 0.150 e. The summed E-state index contributed by atoms with van der Waals surface area (Å²) < 4.78 is 5.76. The van der Waals surface area contributed by atoms with Crippen LogP contribution in [0.5, 0.6) is 11.5 Å². The van der Waals surface area contributed by atoms with Crippen molar-refractivity contribution in [3.05, 3.63) is 59.7 Å². The molecule has 110 valence electrons. The highest BCUT2D eigenvalue weighted by Gasteiger charge is 1.99. The maximum absolute atomic E-state index is 10.6. The number of carbonyl (C=O) groups is 1. The first kappa shape index (κ1) is 15.3. The van der Waals surface area contributed by atoms with E-state index in [1.807, 2.05) is 24.3 Å². The molecule has 2 aromatic rings. The van der Waals surface area contributed by atoms with Crippen LogP contribution in [0, 0.1) is 0 Å². The predicted molar refractivity (Wildman–Crippen MR) is 86.2 cm³/mol. The summed E-state index contributed by atoms with van der Waals surface area (Å²) in [6, 6.07) is 15.4. The lowest BCUT2D eigenvalue weighted by molar-refractivity contribution is 0.112. The van der Waals surface area contributed by atoms with Crippen LogP contribution in [-0.2, 0) is 6.42 Å². The molecule has 0 bridgehead atoms. The molecule has 0 heterocycles. The molecule has 0 atom stereocenters. The Balaban J connectivity index is 1.87. The normalized spacial score (nSPS) is 10.3. The van der Waals surface area contributed by atoms with Gasteiger partial charge < -0.3 is 4.74 Å². The minimum Gasteiger partial charge on any atom is -0.457 e. The van der Waals surface area contributed by atoms with Gasteiger partial charge in [0, 0.05) is 5.56 Å². The van der Waals surface area contributed by atoms with Gasteiger partial charge in [0.15, 0.2) is 0 Å². The summed E-state index contributed by atoms with van der Waals surface area (Å²) in [5.41, 5.74) is 2.01. The SMILES string of the molecule is CCCCCCc1ccc(Oc2ccc(C=O)cc2)cc1. The average Bonchev–Trinajstić information content (AvgIpc) is 2.54. The minimum absolute atomic E-state index is 0.657. The molecular weight excluding hydrogens is 260 g/mol. The fourth-order valence-corrected chi connectivity index (χ4v) is 2.23. The van der Waals surface area contributed by atoms with E-state index in [0.717, 1.165) is 24.2 Å². The second kappa shape index (κ2) is 8.25. The number of ether oxygens (including phenoxy) is 1. The zero-order valence-electron chi connectivity index (χ0n) is 12.5. The van der Waals surface area contributed by atoms with Crippen LogP contribution < -0.4 is 4.74 Å². The molecule has 2 nitrogen and oxygen atoms in total. The van der Waals surface area contributed by atoms with Crippen molar-refractivity contribution in [3.8, 4) is 11.5 Å². The molecule has 2 rings (SSSR count). The van der Waals surface area contributed by atoms with Crippen LogP contribution in [-0.4, -0.2) is 6.29 Å². The molecule has 0 amide bonds. The molecule has 0 fully saturated rings. The number of unbranched alkanes of at least 4 members (excludes halogenated alkanes) is 3. The van der Waals surface area contributed by atoms with Crippen LogP contribution >= 0.6 is 0 Å². The largest absolute Gasteiger partial charge is 0.457 e.